The van der Waals surface area contributed by atoms with Crippen LogP contribution in [0.1, 0.15) is 35.8 Å². The first-order valence-corrected chi connectivity index (χ1v) is 11.0. The molecule has 2 aromatic rings. The van der Waals surface area contributed by atoms with E-state index in [1.807, 2.05) is 13.0 Å². The van der Waals surface area contributed by atoms with Crippen LogP contribution < -0.4 is 9.64 Å². The van der Waals surface area contributed by atoms with E-state index in [1.165, 1.54) is 12.8 Å². The number of pyridine rings is 1. The van der Waals surface area contributed by atoms with Gasteiger partial charge in [0.2, 0.25) is 5.88 Å². The second-order valence-corrected chi connectivity index (χ2v) is 8.47. The van der Waals surface area contributed by atoms with Gasteiger partial charge in [0.15, 0.2) is 5.82 Å². The highest BCUT2D eigenvalue weighted by atomic mass is 35.5. The van der Waals surface area contributed by atoms with Crippen LogP contribution in [-0.2, 0) is 22.4 Å². The van der Waals surface area contributed by atoms with Gasteiger partial charge >= 0.3 is 6.09 Å². The Balaban J connectivity index is 1.60. The van der Waals surface area contributed by atoms with Crippen molar-refractivity contribution in [1.82, 2.24) is 19.7 Å². The average molecular weight is 448 g/mol. The third kappa shape index (κ3) is 3.59. The van der Waals surface area contributed by atoms with E-state index < -0.39 is 0 Å². The van der Waals surface area contributed by atoms with Crippen LogP contribution in [-0.4, -0.2) is 65.8 Å². The van der Waals surface area contributed by atoms with Crippen molar-refractivity contribution in [2.45, 2.75) is 38.8 Å². The van der Waals surface area contributed by atoms with Gasteiger partial charge in [0.25, 0.3) is 0 Å². The van der Waals surface area contributed by atoms with Gasteiger partial charge in [-0.1, -0.05) is 11.6 Å². The number of halogens is 1. The lowest BCUT2D eigenvalue weighted by Gasteiger charge is -2.32. The van der Waals surface area contributed by atoms with Crippen LogP contribution in [0, 0.1) is 6.92 Å². The molecule has 0 unspecified atom stereocenters. The van der Waals surface area contributed by atoms with Crippen molar-refractivity contribution in [3.8, 4) is 5.88 Å². The van der Waals surface area contributed by atoms with Crippen molar-refractivity contribution in [3.05, 3.63) is 28.0 Å². The molecule has 0 spiro atoms. The van der Waals surface area contributed by atoms with Gasteiger partial charge in [-0.25, -0.2) is 9.78 Å². The summed E-state index contributed by atoms with van der Waals surface area (Å²) in [5.74, 6) is 1.39. The Morgan fingerprint density at radius 3 is 2.84 bits per heavy atom. The summed E-state index contributed by atoms with van der Waals surface area (Å²) in [6, 6.07) is 2.18. The molecule has 0 aromatic carbocycles. The Labute approximate surface area is 185 Å². The largest absolute Gasteiger partial charge is 0.474 e. The summed E-state index contributed by atoms with van der Waals surface area (Å²) >= 11 is 6.40. The van der Waals surface area contributed by atoms with Crippen molar-refractivity contribution in [2.75, 3.05) is 44.9 Å². The molecule has 10 heteroatoms. The van der Waals surface area contributed by atoms with E-state index in [4.69, 9.17) is 30.9 Å². The molecule has 1 fully saturated rings. The first kappa shape index (κ1) is 20.4. The molecule has 0 atom stereocenters. The molecule has 5 heterocycles. The lowest BCUT2D eigenvalue weighted by molar-refractivity contribution is 0.0649. The van der Waals surface area contributed by atoms with E-state index in [0.29, 0.717) is 43.2 Å². The van der Waals surface area contributed by atoms with Crippen molar-refractivity contribution >= 4 is 29.2 Å². The van der Waals surface area contributed by atoms with Gasteiger partial charge < -0.3 is 24.0 Å². The monoisotopic (exact) mass is 447 g/mol. The highest BCUT2D eigenvalue weighted by molar-refractivity contribution is 6.31. The average Bonchev–Trinajstić information content (AvgIpc) is 3.18. The number of methoxy groups -OCH3 is 1. The highest BCUT2D eigenvalue weighted by Gasteiger charge is 2.35. The topological polar surface area (TPSA) is 82.0 Å². The van der Waals surface area contributed by atoms with Crippen LogP contribution in [0.25, 0.3) is 0 Å². The molecule has 3 aliphatic heterocycles. The minimum atomic E-state index is -0.321. The Hall–Kier alpha value is -2.52. The molecule has 5 rings (SSSR count). The molecule has 0 radical (unpaired) electrons. The summed E-state index contributed by atoms with van der Waals surface area (Å²) in [6.07, 6.45) is 2.28. The van der Waals surface area contributed by atoms with E-state index in [1.54, 1.807) is 4.90 Å². The molecule has 0 aliphatic carbocycles. The van der Waals surface area contributed by atoms with E-state index in [-0.39, 0.29) is 6.09 Å². The zero-order chi connectivity index (χ0) is 21.5. The Morgan fingerprint density at radius 2 is 2.06 bits per heavy atom. The van der Waals surface area contributed by atoms with Crippen molar-refractivity contribution in [2.24, 2.45) is 0 Å². The summed E-state index contributed by atoms with van der Waals surface area (Å²) in [6.45, 7) is 5.54. The first-order chi connectivity index (χ1) is 15.1. The molecule has 0 N–H and O–H groups in total. The predicted octanol–water partition coefficient (Wildman–Crippen LogP) is 3.25. The maximum Gasteiger partial charge on any atom is 0.409 e. The summed E-state index contributed by atoms with van der Waals surface area (Å²) in [5.41, 5.74) is 3.76. The number of hydrogen-bond donors (Lipinski definition) is 0. The fourth-order valence-electron chi connectivity index (χ4n) is 4.58. The Bertz CT molecular complexity index is 1000. The van der Waals surface area contributed by atoms with E-state index in [9.17, 15) is 4.79 Å². The number of carbonyl (C=O) groups is 1. The lowest BCUT2D eigenvalue weighted by atomic mass is 10.0. The first-order valence-electron chi connectivity index (χ1n) is 10.6. The van der Waals surface area contributed by atoms with Crippen molar-refractivity contribution in [3.63, 3.8) is 0 Å². The minimum absolute atomic E-state index is 0.293. The van der Waals surface area contributed by atoms with Crippen LogP contribution in [0.2, 0.25) is 5.02 Å². The third-order valence-corrected chi connectivity index (χ3v) is 6.61. The normalized spacial score (nSPS) is 18.9. The molecule has 166 valence electrons. The van der Waals surface area contributed by atoms with Gasteiger partial charge in [-0.05, 0) is 25.8 Å². The van der Waals surface area contributed by atoms with Gasteiger partial charge in [-0.15, -0.1) is 0 Å². The van der Waals surface area contributed by atoms with E-state index >= 15 is 0 Å². The second-order valence-electron chi connectivity index (χ2n) is 8.06. The zero-order valence-corrected chi connectivity index (χ0v) is 18.5. The number of carbonyl (C=O) groups excluding carboxylic acids is 1. The number of aromatic nitrogens is 3. The van der Waals surface area contributed by atoms with Crippen LogP contribution in [0.4, 0.5) is 16.3 Å². The Kier molecular flexibility index (Phi) is 5.39. The van der Waals surface area contributed by atoms with Crippen LogP contribution in [0.3, 0.4) is 0 Å². The standard InChI is InChI=1S/C21H26ClN5O4/c1-13-16(22)11-18-20(23-13)31-10-7-26(18)19-15-12-25(21(28)29-2)6-3-17(15)27(24-19)14-4-8-30-9-5-14/h11,14H,3-10,12H2,1-2H3. The fourth-order valence-corrected chi connectivity index (χ4v) is 4.73. The summed E-state index contributed by atoms with van der Waals surface area (Å²) < 4.78 is 18.5. The maximum absolute atomic E-state index is 12.3. The summed E-state index contributed by atoms with van der Waals surface area (Å²) in [4.78, 5) is 20.6. The van der Waals surface area contributed by atoms with Crippen LogP contribution in [0.5, 0.6) is 5.88 Å². The SMILES string of the molecule is COC(=O)N1CCc2c(c(N3CCOc4nc(C)c(Cl)cc43)nn2C2CCOCC2)C1. The van der Waals surface area contributed by atoms with Gasteiger partial charge in [-0.2, -0.15) is 5.10 Å². The molecule has 0 saturated carbocycles. The Morgan fingerprint density at radius 1 is 1.26 bits per heavy atom. The maximum atomic E-state index is 12.3. The number of anilines is 2. The smallest absolute Gasteiger partial charge is 0.409 e. The number of fused-ring (bicyclic) bond motifs is 2. The van der Waals surface area contributed by atoms with Gasteiger partial charge in [0.05, 0.1) is 37.0 Å². The quantitative estimate of drug-likeness (QED) is 0.698. The molecular weight excluding hydrogens is 422 g/mol. The van der Waals surface area contributed by atoms with Gasteiger partial charge in [-0.3, -0.25) is 4.68 Å². The molecule has 9 nitrogen and oxygen atoms in total. The third-order valence-electron chi connectivity index (χ3n) is 6.23. The van der Waals surface area contributed by atoms with Crippen molar-refractivity contribution in [1.29, 1.82) is 0 Å². The second kappa shape index (κ2) is 8.20. The number of ether oxygens (including phenoxy) is 3. The number of hydrogen-bond acceptors (Lipinski definition) is 7. The number of rotatable bonds is 2. The summed E-state index contributed by atoms with van der Waals surface area (Å²) in [7, 11) is 1.42. The fraction of sp³-hybridized carbons (Fsp3) is 0.571. The minimum Gasteiger partial charge on any atom is -0.474 e. The van der Waals surface area contributed by atoms with Crippen LogP contribution >= 0.6 is 11.6 Å². The molecule has 1 saturated heterocycles. The molecular formula is C21H26ClN5O4. The molecule has 1 amide bonds. The van der Waals surface area contributed by atoms with Gasteiger partial charge in [0.1, 0.15) is 12.3 Å². The molecule has 0 bridgehead atoms. The van der Waals surface area contributed by atoms with Crippen LogP contribution in [0.15, 0.2) is 6.07 Å². The lowest BCUT2D eigenvalue weighted by Crippen LogP contribution is -2.37. The molecule has 2 aromatic heterocycles. The highest BCUT2D eigenvalue weighted by Crippen LogP contribution is 2.41. The van der Waals surface area contributed by atoms with E-state index in [2.05, 4.69) is 14.6 Å². The zero-order valence-electron chi connectivity index (χ0n) is 17.8. The number of nitrogens with zero attached hydrogens (tertiary/aromatic N) is 5. The summed E-state index contributed by atoms with van der Waals surface area (Å²) in [5, 5.41) is 5.68. The number of amides is 1. The van der Waals surface area contributed by atoms with Crippen molar-refractivity contribution < 1.29 is 19.0 Å². The van der Waals surface area contributed by atoms with Gasteiger partial charge in [0, 0.05) is 37.4 Å². The predicted molar refractivity (Wildman–Crippen MR) is 114 cm³/mol. The number of aryl methyl sites for hydroxylation is 1. The van der Waals surface area contributed by atoms with E-state index in [0.717, 1.165) is 55.2 Å². The molecule has 31 heavy (non-hydrogen) atoms. The molecule has 3 aliphatic rings.